The van der Waals surface area contributed by atoms with Gasteiger partial charge in [0.25, 0.3) is 5.91 Å². The van der Waals surface area contributed by atoms with Gasteiger partial charge in [-0.05, 0) is 49.9 Å². The summed E-state index contributed by atoms with van der Waals surface area (Å²) in [6, 6.07) is 7.36. The van der Waals surface area contributed by atoms with Crippen molar-refractivity contribution in [3.8, 4) is 0 Å². The Bertz CT molecular complexity index is 750. The molecule has 1 aromatic carbocycles. The molecular formula is C22H30N4O3. The third kappa shape index (κ3) is 4.61. The number of rotatable bonds is 4. The standard InChI is InChI=1S/C22H30N4O3/c27-20-5-4-12-26(20)19-8-6-18(7-9-19)22(29)25-15-13-23(14-16-25)17-21(28)24-10-2-1-3-11-24/h6-9H,1-5,10-17H2. The minimum Gasteiger partial charge on any atom is -0.342 e. The van der Waals surface area contributed by atoms with Crippen LogP contribution >= 0.6 is 0 Å². The number of anilines is 1. The summed E-state index contributed by atoms with van der Waals surface area (Å²) in [6.07, 6.45) is 4.94. The van der Waals surface area contributed by atoms with E-state index in [2.05, 4.69) is 4.90 Å². The molecule has 3 aliphatic rings. The zero-order valence-electron chi connectivity index (χ0n) is 17.0. The van der Waals surface area contributed by atoms with E-state index in [1.165, 1.54) is 6.42 Å². The van der Waals surface area contributed by atoms with Gasteiger partial charge in [-0.1, -0.05) is 0 Å². The van der Waals surface area contributed by atoms with Gasteiger partial charge in [-0.25, -0.2) is 0 Å². The van der Waals surface area contributed by atoms with Crippen molar-refractivity contribution < 1.29 is 14.4 Å². The maximum absolute atomic E-state index is 12.8. The van der Waals surface area contributed by atoms with Gasteiger partial charge in [-0.15, -0.1) is 0 Å². The van der Waals surface area contributed by atoms with Gasteiger partial charge in [0.15, 0.2) is 0 Å². The second kappa shape index (κ2) is 8.95. The van der Waals surface area contributed by atoms with Crippen LogP contribution < -0.4 is 4.90 Å². The largest absolute Gasteiger partial charge is 0.342 e. The van der Waals surface area contributed by atoms with Crippen molar-refractivity contribution in [3.63, 3.8) is 0 Å². The first-order valence-electron chi connectivity index (χ1n) is 10.8. The van der Waals surface area contributed by atoms with E-state index in [0.29, 0.717) is 31.6 Å². The molecule has 156 valence electrons. The molecule has 0 saturated carbocycles. The van der Waals surface area contributed by atoms with Crippen LogP contribution in [0.25, 0.3) is 0 Å². The number of hydrogen-bond acceptors (Lipinski definition) is 4. The summed E-state index contributed by atoms with van der Waals surface area (Å²) < 4.78 is 0. The van der Waals surface area contributed by atoms with Crippen LogP contribution in [0.1, 0.15) is 42.5 Å². The molecule has 0 bridgehead atoms. The first kappa shape index (κ1) is 19.9. The summed E-state index contributed by atoms with van der Waals surface area (Å²) in [5.41, 5.74) is 1.52. The molecule has 3 heterocycles. The number of benzene rings is 1. The zero-order chi connectivity index (χ0) is 20.2. The molecule has 0 radical (unpaired) electrons. The molecular weight excluding hydrogens is 368 g/mol. The third-order valence-corrected chi connectivity index (χ3v) is 6.23. The summed E-state index contributed by atoms with van der Waals surface area (Å²) in [5.74, 6) is 0.391. The van der Waals surface area contributed by atoms with E-state index in [4.69, 9.17) is 0 Å². The second-order valence-corrected chi connectivity index (χ2v) is 8.21. The molecule has 0 aliphatic carbocycles. The van der Waals surface area contributed by atoms with Gasteiger partial charge >= 0.3 is 0 Å². The smallest absolute Gasteiger partial charge is 0.253 e. The molecule has 7 nitrogen and oxygen atoms in total. The number of likely N-dealkylation sites (tertiary alicyclic amines) is 1. The van der Waals surface area contributed by atoms with E-state index >= 15 is 0 Å². The normalized spacial score (nSPS) is 21.0. The Hall–Kier alpha value is -2.41. The van der Waals surface area contributed by atoms with E-state index in [1.54, 1.807) is 4.90 Å². The van der Waals surface area contributed by atoms with Crippen molar-refractivity contribution in [2.24, 2.45) is 0 Å². The fraction of sp³-hybridized carbons (Fsp3) is 0.591. The van der Waals surface area contributed by atoms with Gasteiger partial charge in [0, 0.05) is 63.5 Å². The Labute approximate surface area is 172 Å². The molecule has 3 amide bonds. The highest BCUT2D eigenvalue weighted by Crippen LogP contribution is 2.22. The molecule has 3 fully saturated rings. The lowest BCUT2D eigenvalue weighted by Crippen LogP contribution is -2.52. The summed E-state index contributed by atoms with van der Waals surface area (Å²) in [5, 5.41) is 0. The molecule has 29 heavy (non-hydrogen) atoms. The van der Waals surface area contributed by atoms with E-state index in [0.717, 1.165) is 57.7 Å². The van der Waals surface area contributed by atoms with Crippen LogP contribution in [0.15, 0.2) is 24.3 Å². The molecule has 0 atom stereocenters. The average Bonchev–Trinajstić information content (AvgIpc) is 3.20. The van der Waals surface area contributed by atoms with Crippen LogP contribution in [0.4, 0.5) is 5.69 Å². The van der Waals surface area contributed by atoms with Crippen molar-refractivity contribution >= 4 is 23.4 Å². The maximum atomic E-state index is 12.8. The van der Waals surface area contributed by atoms with Gasteiger partial charge in [0.1, 0.15) is 0 Å². The lowest BCUT2D eigenvalue weighted by Gasteiger charge is -2.36. The van der Waals surface area contributed by atoms with Gasteiger partial charge in [-0.2, -0.15) is 0 Å². The molecule has 0 unspecified atom stereocenters. The van der Waals surface area contributed by atoms with E-state index in [-0.39, 0.29) is 17.7 Å². The Kier molecular flexibility index (Phi) is 6.13. The highest BCUT2D eigenvalue weighted by molar-refractivity contribution is 5.97. The molecule has 0 aromatic heterocycles. The predicted molar refractivity (Wildman–Crippen MR) is 111 cm³/mol. The summed E-state index contributed by atoms with van der Waals surface area (Å²) in [4.78, 5) is 44.9. The topological polar surface area (TPSA) is 64.2 Å². The molecule has 4 rings (SSSR count). The monoisotopic (exact) mass is 398 g/mol. The van der Waals surface area contributed by atoms with E-state index in [9.17, 15) is 14.4 Å². The van der Waals surface area contributed by atoms with Gasteiger partial charge < -0.3 is 14.7 Å². The minimum absolute atomic E-state index is 0.0197. The fourth-order valence-corrected chi connectivity index (χ4v) is 4.43. The van der Waals surface area contributed by atoms with Crippen LogP contribution in [-0.2, 0) is 9.59 Å². The molecule has 0 N–H and O–H groups in total. The quantitative estimate of drug-likeness (QED) is 0.773. The Balaban J connectivity index is 1.27. The van der Waals surface area contributed by atoms with Crippen LogP contribution in [0.2, 0.25) is 0 Å². The molecule has 3 aliphatic heterocycles. The van der Waals surface area contributed by atoms with E-state index in [1.807, 2.05) is 34.1 Å². The number of nitrogens with zero attached hydrogens (tertiary/aromatic N) is 4. The lowest BCUT2D eigenvalue weighted by atomic mass is 10.1. The number of carbonyl (C=O) groups is 3. The van der Waals surface area contributed by atoms with Gasteiger partial charge in [0.2, 0.25) is 11.8 Å². The number of piperidine rings is 1. The summed E-state index contributed by atoms with van der Waals surface area (Å²) in [7, 11) is 0. The number of hydrogen-bond donors (Lipinski definition) is 0. The Morgan fingerprint density at radius 1 is 0.759 bits per heavy atom. The zero-order valence-corrected chi connectivity index (χ0v) is 17.0. The lowest BCUT2D eigenvalue weighted by molar-refractivity contribution is -0.133. The van der Waals surface area contributed by atoms with Crippen LogP contribution in [0, 0.1) is 0 Å². The second-order valence-electron chi connectivity index (χ2n) is 8.21. The number of carbonyl (C=O) groups excluding carboxylic acids is 3. The van der Waals surface area contributed by atoms with Gasteiger partial charge in [-0.3, -0.25) is 19.3 Å². The first-order chi connectivity index (χ1) is 14.1. The van der Waals surface area contributed by atoms with Crippen molar-refractivity contribution in [1.29, 1.82) is 0 Å². The predicted octanol–water partition coefficient (Wildman–Crippen LogP) is 1.58. The highest BCUT2D eigenvalue weighted by Gasteiger charge is 2.26. The Morgan fingerprint density at radius 3 is 2.07 bits per heavy atom. The Morgan fingerprint density at radius 2 is 1.45 bits per heavy atom. The van der Waals surface area contributed by atoms with Crippen molar-refractivity contribution in [3.05, 3.63) is 29.8 Å². The first-order valence-corrected chi connectivity index (χ1v) is 10.8. The van der Waals surface area contributed by atoms with Crippen molar-refractivity contribution in [2.75, 3.05) is 57.3 Å². The van der Waals surface area contributed by atoms with Crippen LogP contribution in [-0.4, -0.2) is 84.8 Å². The summed E-state index contributed by atoms with van der Waals surface area (Å²) >= 11 is 0. The number of piperazine rings is 1. The molecule has 0 spiro atoms. The van der Waals surface area contributed by atoms with Crippen molar-refractivity contribution in [1.82, 2.24) is 14.7 Å². The highest BCUT2D eigenvalue weighted by atomic mass is 16.2. The summed E-state index contributed by atoms with van der Waals surface area (Å²) in [6.45, 7) is 5.71. The third-order valence-electron chi connectivity index (χ3n) is 6.23. The number of amides is 3. The van der Waals surface area contributed by atoms with Crippen molar-refractivity contribution in [2.45, 2.75) is 32.1 Å². The SMILES string of the molecule is O=C(CN1CCN(C(=O)c2ccc(N3CCCC3=O)cc2)CC1)N1CCCCC1. The minimum atomic E-state index is 0.0197. The van der Waals surface area contributed by atoms with Crippen LogP contribution in [0.5, 0.6) is 0 Å². The molecule has 3 saturated heterocycles. The maximum Gasteiger partial charge on any atom is 0.253 e. The molecule has 7 heteroatoms. The fourth-order valence-electron chi connectivity index (χ4n) is 4.43. The van der Waals surface area contributed by atoms with Gasteiger partial charge in [0.05, 0.1) is 6.54 Å². The molecule has 1 aromatic rings. The average molecular weight is 399 g/mol. The van der Waals surface area contributed by atoms with E-state index < -0.39 is 0 Å². The van der Waals surface area contributed by atoms with Crippen LogP contribution in [0.3, 0.4) is 0 Å².